The molecule has 2 N–H and O–H groups in total. The molecule has 24 heavy (non-hydrogen) atoms. The van der Waals surface area contributed by atoms with Gasteiger partial charge in [0.1, 0.15) is 5.60 Å². The molecule has 0 aromatic carbocycles. The van der Waals surface area contributed by atoms with Gasteiger partial charge in [-0.15, -0.1) is 0 Å². The van der Waals surface area contributed by atoms with Crippen LogP contribution in [-0.4, -0.2) is 34.0 Å². The SMILES string of the molecule is C=C1C(=O)O[C@]2(C)CC[C@@H]1C[C@@H](O)C(C)=CCC=C(C)CC[C@H]2O. The lowest BCUT2D eigenvalue weighted by atomic mass is 9.83. The summed E-state index contributed by atoms with van der Waals surface area (Å²) in [6.45, 7) is 9.66. The summed E-state index contributed by atoms with van der Waals surface area (Å²) in [5, 5.41) is 21.1. The minimum atomic E-state index is -0.894. The summed E-state index contributed by atoms with van der Waals surface area (Å²) in [4.78, 5) is 12.4. The molecule has 0 amide bonds. The van der Waals surface area contributed by atoms with E-state index < -0.39 is 23.8 Å². The van der Waals surface area contributed by atoms with Gasteiger partial charge in [0.25, 0.3) is 0 Å². The Kier molecular flexibility index (Phi) is 6.05. The van der Waals surface area contributed by atoms with E-state index in [0.717, 1.165) is 18.4 Å². The van der Waals surface area contributed by atoms with Crippen molar-refractivity contribution in [3.05, 3.63) is 35.5 Å². The van der Waals surface area contributed by atoms with Crippen molar-refractivity contribution >= 4 is 5.97 Å². The van der Waals surface area contributed by atoms with E-state index in [4.69, 9.17) is 4.74 Å². The number of hydrogen-bond donors (Lipinski definition) is 2. The summed E-state index contributed by atoms with van der Waals surface area (Å²) in [5.41, 5.74) is 1.62. The highest BCUT2D eigenvalue weighted by atomic mass is 16.6. The molecule has 0 saturated carbocycles. The van der Waals surface area contributed by atoms with Gasteiger partial charge in [0.2, 0.25) is 0 Å². The zero-order valence-electron chi connectivity index (χ0n) is 15.0. The third kappa shape index (κ3) is 4.37. The van der Waals surface area contributed by atoms with Gasteiger partial charge in [0.05, 0.1) is 12.2 Å². The van der Waals surface area contributed by atoms with Crippen LogP contribution in [0.3, 0.4) is 0 Å². The van der Waals surface area contributed by atoms with Gasteiger partial charge < -0.3 is 14.9 Å². The number of esters is 1. The van der Waals surface area contributed by atoms with Crippen molar-refractivity contribution < 1.29 is 19.7 Å². The van der Waals surface area contributed by atoms with E-state index in [1.165, 1.54) is 5.57 Å². The Morgan fingerprint density at radius 3 is 2.67 bits per heavy atom. The fraction of sp³-hybridized carbons (Fsp3) is 0.650. The zero-order chi connectivity index (χ0) is 17.9. The maximum absolute atomic E-state index is 12.4. The summed E-state index contributed by atoms with van der Waals surface area (Å²) in [6.07, 6.45) is 6.65. The van der Waals surface area contributed by atoms with E-state index in [1.807, 2.05) is 19.9 Å². The van der Waals surface area contributed by atoms with Gasteiger partial charge in [-0.1, -0.05) is 24.3 Å². The average Bonchev–Trinajstić information content (AvgIpc) is 2.64. The minimum Gasteiger partial charge on any atom is -0.453 e. The molecule has 1 aliphatic heterocycles. The molecule has 1 aliphatic carbocycles. The number of fused-ring (bicyclic) bond motifs is 3. The van der Waals surface area contributed by atoms with Crippen LogP contribution in [0.25, 0.3) is 0 Å². The summed E-state index contributed by atoms with van der Waals surface area (Å²) >= 11 is 0. The molecule has 0 aromatic heterocycles. The van der Waals surface area contributed by atoms with Gasteiger partial charge in [-0.2, -0.15) is 0 Å². The summed E-state index contributed by atoms with van der Waals surface area (Å²) in [6, 6.07) is 0. The molecule has 0 aromatic rings. The first kappa shape index (κ1) is 18.9. The molecular formula is C20H30O4. The summed E-state index contributed by atoms with van der Waals surface area (Å²) in [5.74, 6) is -0.569. The quantitative estimate of drug-likeness (QED) is 0.404. The fourth-order valence-corrected chi connectivity index (χ4v) is 3.43. The van der Waals surface area contributed by atoms with E-state index in [1.54, 1.807) is 6.92 Å². The highest BCUT2D eigenvalue weighted by Gasteiger charge is 2.41. The van der Waals surface area contributed by atoms with Crippen molar-refractivity contribution in [1.82, 2.24) is 0 Å². The smallest absolute Gasteiger partial charge is 0.334 e. The van der Waals surface area contributed by atoms with Crippen molar-refractivity contribution in [2.24, 2.45) is 5.92 Å². The molecule has 134 valence electrons. The highest BCUT2D eigenvalue weighted by molar-refractivity contribution is 5.89. The number of carbonyl (C=O) groups excluding carboxylic acids is 1. The van der Waals surface area contributed by atoms with Crippen molar-refractivity contribution in [2.75, 3.05) is 0 Å². The largest absolute Gasteiger partial charge is 0.453 e. The number of aliphatic hydroxyl groups is 2. The second-order valence-electron chi connectivity index (χ2n) is 7.50. The van der Waals surface area contributed by atoms with E-state index >= 15 is 0 Å². The van der Waals surface area contributed by atoms with Crippen LogP contribution in [0.5, 0.6) is 0 Å². The second kappa shape index (κ2) is 7.66. The van der Waals surface area contributed by atoms with Crippen LogP contribution < -0.4 is 0 Å². The molecule has 4 nitrogen and oxygen atoms in total. The Balaban J connectivity index is 2.33. The molecule has 2 rings (SSSR count). The third-order valence-electron chi connectivity index (χ3n) is 5.53. The molecule has 1 saturated heterocycles. The van der Waals surface area contributed by atoms with Crippen LogP contribution in [0.4, 0.5) is 0 Å². The Hall–Kier alpha value is -1.39. The Morgan fingerprint density at radius 1 is 1.25 bits per heavy atom. The van der Waals surface area contributed by atoms with Crippen molar-refractivity contribution in [1.29, 1.82) is 0 Å². The van der Waals surface area contributed by atoms with E-state index in [2.05, 4.69) is 12.7 Å². The zero-order valence-corrected chi connectivity index (χ0v) is 15.0. The minimum absolute atomic E-state index is 0.120. The number of allylic oxidation sites excluding steroid dienone is 3. The molecular weight excluding hydrogens is 304 g/mol. The lowest BCUT2D eigenvalue weighted by Crippen LogP contribution is -2.43. The molecule has 4 atom stereocenters. The molecule has 0 radical (unpaired) electrons. The average molecular weight is 334 g/mol. The number of hydrogen-bond acceptors (Lipinski definition) is 4. The molecule has 1 heterocycles. The Morgan fingerprint density at radius 2 is 1.96 bits per heavy atom. The summed E-state index contributed by atoms with van der Waals surface area (Å²) in [7, 11) is 0. The van der Waals surface area contributed by atoms with Gasteiger partial charge >= 0.3 is 5.97 Å². The Bertz CT molecular complexity index is 560. The van der Waals surface area contributed by atoms with Crippen LogP contribution in [0.1, 0.15) is 59.3 Å². The van der Waals surface area contributed by atoms with Gasteiger partial charge in [-0.05, 0) is 70.8 Å². The van der Waals surface area contributed by atoms with Crippen molar-refractivity contribution in [2.45, 2.75) is 77.1 Å². The number of carbonyl (C=O) groups is 1. The lowest BCUT2D eigenvalue weighted by Gasteiger charge is -2.33. The normalized spacial score (nSPS) is 36.3. The number of aliphatic hydroxyl groups excluding tert-OH is 2. The predicted octanol–water partition coefficient (Wildman–Crippen LogP) is 3.44. The predicted molar refractivity (Wildman–Crippen MR) is 94.4 cm³/mol. The molecule has 1 fully saturated rings. The van der Waals surface area contributed by atoms with Crippen molar-refractivity contribution in [3.63, 3.8) is 0 Å². The van der Waals surface area contributed by atoms with Crippen LogP contribution >= 0.6 is 0 Å². The van der Waals surface area contributed by atoms with Crippen LogP contribution in [-0.2, 0) is 9.53 Å². The van der Waals surface area contributed by atoms with Crippen LogP contribution in [0, 0.1) is 5.92 Å². The molecule has 0 spiro atoms. The highest BCUT2D eigenvalue weighted by Crippen LogP contribution is 2.37. The van der Waals surface area contributed by atoms with Crippen molar-refractivity contribution in [3.8, 4) is 0 Å². The Labute approximate surface area is 144 Å². The molecule has 4 heteroatoms. The van der Waals surface area contributed by atoms with E-state index in [0.29, 0.717) is 31.3 Å². The molecule has 2 bridgehead atoms. The maximum Gasteiger partial charge on any atom is 0.334 e. The van der Waals surface area contributed by atoms with Gasteiger partial charge in [0.15, 0.2) is 0 Å². The first-order valence-electron chi connectivity index (χ1n) is 8.83. The van der Waals surface area contributed by atoms with Crippen LogP contribution in [0.15, 0.2) is 35.5 Å². The monoisotopic (exact) mass is 334 g/mol. The number of rotatable bonds is 0. The first-order chi connectivity index (χ1) is 11.2. The maximum atomic E-state index is 12.4. The topological polar surface area (TPSA) is 66.8 Å². The molecule has 2 aliphatic rings. The second-order valence-corrected chi connectivity index (χ2v) is 7.50. The summed E-state index contributed by atoms with van der Waals surface area (Å²) < 4.78 is 5.62. The first-order valence-corrected chi connectivity index (χ1v) is 8.83. The lowest BCUT2D eigenvalue weighted by molar-refractivity contribution is -0.165. The van der Waals surface area contributed by atoms with Gasteiger partial charge in [-0.25, -0.2) is 4.79 Å². The van der Waals surface area contributed by atoms with Crippen LogP contribution in [0.2, 0.25) is 0 Å². The van der Waals surface area contributed by atoms with Gasteiger partial charge in [-0.3, -0.25) is 0 Å². The fourth-order valence-electron chi connectivity index (χ4n) is 3.43. The van der Waals surface area contributed by atoms with E-state index in [9.17, 15) is 15.0 Å². The van der Waals surface area contributed by atoms with Gasteiger partial charge in [0, 0.05) is 5.57 Å². The third-order valence-corrected chi connectivity index (χ3v) is 5.53. The standard InChI is InChI=1S/C20H30O4/c1-13-6-5-7-14(2)17(21)12-16-10-11-20(4,18(22)9-8-13)24-19(23)15(16)3/h6-7,16-18,21-22H,3,5,8-12H2,1-2,4H3/t16-,17-,18-,20-/m1/s1. The number of ether oxygens (including phenoxy) is 1. The molecule has 0 unspecified atom stereocenters. The van der Waals surface area contributed by atoms with E-state index in [-0.39, 0.29) is 5.92 Å².